The van der Waals surface area contributed by atoms with Gasteiger partial charge in [0.2, 0.25) is 5.91 Å². The predicted octanol–water partition coefficient (Wildman–Crippen LogP) is 4.05. The number of nitrogens with zero attached hydrogens (tertiary/aromatic N) is 3. The first-order valence-corrected chi connectivity index (χ1v) is 11.8. The summed E-state index contributed by atoms with van der Waals surface area (Å²) in [5.41, 5.74) is 2.81. The molecule has 1 aliphatic heterocycles. The standard InChI is InChI=1S/C28H28N4O2/c33-27(29-19-21-9-3-1-4-10-21)23-15-17-31(18-16-23)20-32-28(34)25-14-8-7-13-24(25)26(30-32)22-11-5-2-6-12-22/h1-14,23H,15-20H2,(H,29,33). The van der Waals surface area contributed by atoms with E-state index in [1.54, 1.807) is 4.68 Å². The van der Waals surface area contributed by atoms with Crippen molar-refractivity contribution in [3.05, 3.63) is 101 Å². The number of rotatable bonds is 6. The second kappa shape index (κ2) is 10.0. The minimum absolute atomic E-state index is 0.00104. The summed E-state index contributed by atoms with van der Waals surface area (Å²) in [7, 11) is 0. The molecule has 1 amide bonds. The van der Waals surface area contributed by atoms with Gasteiger partial charge in [-0.2, -0.15) is 5.10 Å². The summed E-state index contributed by atoms with van der Waals surface area (Å²) in [6.07, 6.45) is 1.54. The summed E-state index contributed by atoms with van der Waals surface area (Å²) in [6, 6.07) is 27.6. The van der Waals surface area contributed by atoms with Crippen molar-refractivity contribution in [2.45, 2.75) is 26.1 Å². The van der Waals surface area contributed by atoms with Crippen LogP contribution in [0.5, 0.6) is 0 Å². The summed E-state index contributed by atoms with van der Waals surface area (Å²) in [6.45, 7) is 2.48. The highest BCUT2D eigenvalue weighted by Crippen LogP contribution is 2.25. The second-order valence-electron chi connectivity index (χ2n) is 8.80. The molecule has 5 rings (SSSR count). The molecule has 0 aliphatic carbocycles. The van der Waals surface area contributed by atoms with E-state index in [2.05, 4.69) is 10.2 Å². The van der Waals surface area contributed by atoms with Gasteiger partial charge in [0.25, 0.3) is 5.56 Å². The molecule has 4 aromatic rings. The molecule has 2 heterocycles. The third kappa shape index (κ3) is 4.77. The van der Waals surface area contributed by atoms with Crippen LogP contribution in [0.25, 0.3) is 22.0 Å². The van der Waals surface area contributed by atoms with Crippen molar-refractivity contribution in [3.63, 3.8) is 0 Å². The van der Waals surface area contributed by atoms with Crippen LogP contribution < -0.4 is 10.9 Å². The van der Waals surface area contributed by atoms with Crippen LogP contribution in [0, 0.1) is 5.92 Å². The summed E-state index contributed by atoms with van der Waals surface area (Å²) in [4.78, 5) is 28.0. The van der Waals surface area contributed by atoms with Gasteiger partial charge in [0.05, 0.1) is 17.7 Å². The zero-order chi connectivity index (χ0) is 23.3. The van der Waals surface area contributed by atoms with Crippen LogP contribution in [0.3, 0.4) is 0 Å². The molecule has 0 spiro atoms. The lowest BCUT2D eigenvalue weighted by molar-refractivity contribution is -0.126. The molecule has 0 radical (unpaired) electrons. The van der Waals surface area contributed by atoms with Crippen LogP contribution in [-0.4, -0.2) is 33.7 Å². The van der Waals surface area contributed by atoms with Gasteiger partial charge in [-0.25, -0.2) is 4.68 Å². The predicted molar refractivity (Wildman–Crippen MR) is 134 cm³/mol. The highest BCUT2D eigenvalue weighted by molar-refractivity contribution is 5.93. The number of benzene rings is 3. The van der Waals surface area contributed by atoms with Crippen LogP contribution >= 0.6 is 0 Å². The largest absolute Gasteiger partial charge is 0.352 e. The Hall–Kier alpha value is -3.77. The summed E-state index contributed by atoms with van der Waals surface area (Å²) < 4.78 is 1.57. The maximum Gasteiger partial charge on any atom is 0.275 e. The molecule has 172 valence electrons. The van der Waals surface area contributed by atoms with Gasteiger partial charge in [-0.05, 0) is 24.5 Å². The third-order valence-electron chi connectivity index (χ3n) is 6.52. The number of aromatic nitrogens is 2. The van der Waals surface area contributed by atoms with Crippen molar-refractivity contribution < 1.29 is 4.79 Å². The molecule has 34 heavy (non-hydrogen) atoms. The average Bonchev–Trinajstić information content (AvgIpc) is 2.90. The Balaban J connectivity index is 1.28. The van der Waals surface area contributed by atoms with E-state index in [1.807, 2.05) is 84.9 Å². The number of amides is 1. The van der Waals surface area contributed by atoms with Crippen LogP contribution in [0.1, 0.15) is 18.4 Å². The first kappa shape index (κ1) is 22.0. The molecule has 1 aromatic heterocycles. The van der Waals surface area contributed by atoms with E-state index in [4.69, 9.17) is 5.10 Å². The number of fused-ring (bicyclic) bond motifs is 1. The number of nitrogens with one attached hydrogen (secondary N) is 1. The number of carbonyl (C=O) groups excluding carboxylic acids is 1. The molecule has 1 aliphatic rings. The van der Waals surface area contributed by atoms with E-state index < -0.39 is 0 Å². The maximum absolute atomic E-state index is 13.2. The molecule has 1 fully saturated rings. The SMILES string of the molecule is O=C(NCc1ccccc1)C1CCN(Cn2nc(-c3ccccc3)c3ccccc3c2=O)CC1. The fourth-order valence-corrected chi connectivity index (χ4v) is 4.60. The van der Waals surface area contributed by atoms with Gasteiger partial charge in [-0.15, -0.1) is 0 Å². The Bertz CT molecular complexity index is 1330. The molecular weight excluding hydrogens is 424 g/mol. The van der Waals surface area contributed by atoms with Crippen LogP contribution in [0.4, 0.5) is 0 Å². The molecule has 0 saturated carbocycles. The van der Waals surface area contributed by atoms with E-state index in [1.165, 1.54) is 0 Å². The zero-order valence-corrected chi connectivity index (χ0v) is 19.1. The third-order valence-corrected chi connectivity index (χ3v) is 6.52. The molecule has 3 aromatic carbocycles. The van der Waals surface area contributed by atoms with Gasteiger partial charge in [0, 0.05) is 36.5 Å². The molecule has 0 unspecified atom stereocenters. The maximum atomic E-state index is 13.2. The Morgan fingerprint density at radius 3 is 2.18 bits per heavy atom. The summed E-state index contributed by atoms with van der Waals surface area (Å²) in [5, 5.41) is 9.37. The van der Waals surface area contributed by atoms with Gasteiger partial charge in [-0.1, -0.05) is 78.9 Å². The normalized spacial score (nSPS) is 14.8. The fourth-order valence-electron chi connectivity index (χ4n) is 4.60. The second-order valence-corrected chi connectivity index (χ2v) is 8.80. The zero-order valence-electron chi connectivity index (χ0n) is 19.1. The van der Waals surface area contributed by atoms with Gasteiger partial charge < -0.3 is 5.32 Å². The van der Waals surface area contributed by atoms with Crippen molar-refractivity contribution >= 4 is 16.7 Å². The van der Waals surface area contributed by atoms with Gasteiger partial charge in [0.15, 0.2) is 0 Å². The lowest BCUT2D eigenvalue weighted by Gasteiger charge is -2.31. The number of piperidine rings is 1. The lowest BCUT2D eigenvalue weighted by atomic mass is 9.96. The first-order chi connectivity index (χ1) is 16.7. The molecule has 6 nitrogen and oxygen atoms in total. The molecule has 1 saturated heterocycles. The van der Waals surface area contributed by atoms with Crippen LogP contribution in [0.15, 0.2) is 89.7 Å². The van der Waals surface area contributed by atoms with E-state index in [0.29, 0.717) is 18.6 Å². The highest BCUT2D eigenvalue weighted by atomic mass is 16.2. The molecule has 1 N–H and O–H groups in total. The molecule has 6 heteroatoms. The Kier molecular flexibility index (Phi) is 6.49. The Morgan fingerprint density at radius 1 is 0.853 bits per heavy atom. The smallest absolute Gasteiger partial charge is 0.275 e. The van der Waals surface area contributed by atoms with Crippen molar-refractivity contribution in [2.24, 2.45) is 5.92 Å². The lowest BCUT2D eigenvalue weighted by Crippen LogP contribution is -2.42. The van der Waals surface area contributed by atoms with Gasteiger partial charge in [-0.3, -0.25) is 14.5 Å². The number of hydrogen-bond donors (Lipinski definition) is 1. The fraction of sp³-hybridized carbons (Fsp3) is 0.250. The summed E-state index contributed by atoms with van der Waals surface area (Å²) >= 11 is 0. The minimum atomic E-state index is -0.0852. The van der Waals surface area contributed by atoms with Crippen LogP contribution in [-0.2, 0) is 18.0 Å². The molecule has 0 atom stereocenters. The van der Waals surface area contributed by atoms with E-state index in [9.17, 15) is 9.59 Å². The van der Waals surface area contributed by atoms with Crippen LogP contribution in [0.2, 0.25) is 0 Å². The van der Waals surface area contributed by atoms with Crippen molar-refractivity contribution in [1.82, 2.24) is 20.0 Å². The van der Waals surface area contributed by atoms with Crippen molar-refractivity contribution in [1.29, 1.82) is 0 Å². The summed E-state index contributed by atoms with van der Waals surface area (Å²) in [5.74, 6) is 0.108. The molecule has 0 bridgehead atoms. The van der Waals surface area contributed by atoms with Crippen molar-refractivity contribution in [2.75, 3.05) is 13.1 Å². The average molecular weight is 453 g/mol. The van der Waals surface area contributed by atoms with E-state index in [0.717, 1.165) is 48.1 Å². The topological polar surface area (TPSA) is 67.2 Å². The Labute approximate surface area is 198 Å². The quantitative estimate of drug-likeness (QED) is 0.479. The van der Waals surface area contributed by atoms with Crippen molar-refractivity contribution in [3.8, 4) is 11.3 Å². The number of likely N-dealkylation sites (tertiary alicyclic amines) is 1. The van der Waals surface area contributed by atoms with E-state index >= 15 is 0 Å². The van der Waals surface area contributed by atoms with Gasteiger partial charge in [0.1, 0.15) is 0 Å². The number of hydrogen-bond acceptors (Lipinski definition) is 4. The van der Waals surface area contributed by atoms with Gasteiger partial charge >= 0.3 is 0 Å². The highest BCUT2D eigenvalue weighted by Gasteiger charge is 2.25. The molecular formula is C28H28N4O2. The van der Waals surface area contributed by atoms with E-state index in [-0.39, 0.29) is 17.4 Å². The number of carbonyl (C=O) groups is 1. The monoisotopic (exact) mass is 452 g/mol. The Morgan fingerprint density at radius 2 is 1.47 bits per heavy atom. The first-order valence-electron chi connectivity index (χ1n) is 11.8. The minimum Gasteiger partial charge on any atom is -0.352 e.